The molecule has 17 nitrogen and oxygen atoms in total. The third-order valence-corrected chi connectivity index (χ3v) is 10.3. The fraction of sp³-hybridized carbons (Fsp3) is 0.800. The van der Waals surface area contributed by atoms with Crippen LogP contribution < -0.4 is 43.0 Å². The van der Waals surface area contributed by atoms with Gasteiger partial charge in [-0.3, -0.25) is 33.6 Å². The summed E-state index contributed by atoms with van der Waals surface area (Å²) >= 11 is 0. The van der Waals surface area contributed by atoms with Crippen molar-refractivity contribution in [2.45, 2.75) is 165 Å². The van der Waals surface area contributed by atoms with E-state index < -0.39 is 119 Å². The first-order valence-corrected chi connectivity index (χ1v) is 20.3. The fourth-order valence-corrected chi connectivity index (χ4v) is 5.74. The molecule has 17 heteroatoms. The maximum Gasteiger partial charge on any atom is 0.326 e. The molecule has 0 aromatic rings. The van der Waals surface area contributed by atoms with Crippen LogP contribution in [-0.4, -0.2) is 101 Å². The summed E-state index contributed by atoms with van der Waals surface area (Å²) in [6.07, 6.45) is 1.17. The zero-order chi connectivity index (χ0) is 44.6. The highest BCUT2D eigenvalue weighted by Crippen LogP contribution is 2.13. The summed E-state index contributed by atoms with van der Waals surface area (Å²) in [4.78, 5) is 105. The molecule has 0 aliphatic rings. The van der Waals surface area contributed by atoms with E-state index in [4.69, 9.17) is 5.73 Å². The minimum absolute atomic E-state index is 0.113. The molecule has 0 aromatic heterocycles. The highest BCUT2D eigenvalue weighted by molar-refractivity contribution is 5.97. The van der Waals surface area contributed by atoms with E-state index in [9.17, 15) is 43.5 Å². The molecule has 0 fully saturated rings. The standard InChI is InChI=1S/C40H74N8O9/c1-16-23(13)26(41)34(50)44-29(20(7)8)37(53)45-27(18(3)4)35(51)42-25(15)33(49)43-28(19(5)6)36(52)46-30(21(9)10)38(54)47-31(22(11)12)39(55)48-32(40(56)57)24(14)17-2/h18-32H,16-17,41H2,1-15H3,(H,42,51)(H,43,49)(H,44,50)(H,45,53)(H,46,52)(H,47,54)(H,48,55)(H,56,57)/t23-,24-,25-,26-,27-,28-,29-,30-,31-,32-/m0/s1. The number of amides is 7. The Kier molecular flexibility index (Phi) is 22.6. The molecule has 57 heavy (non-hydrogen) atoms. The van der Waals surface area contributed by atoms with Crippen molar-refractivity contribution in [3.8, 4) is 0 Å². The number of carbonyl (C=O) groups excluding carboxylic acids is 7. The molecule has 10 atom stereocenters. The predicted octanol–water partition coefficient (Wildman–Crippen LogP) is 1.18. The van der Waals surface area contributed by atoms with E-state index in [1.165, 1.54) is 6.92 Å². The average molecular weight is 811 g/mol. The lowest BCUT2D eigenvalue weighted by Gasteiger charge is -2.31. The molecule has 328 valence electrons. The van der Waals surface area contributed by atoms with Crippen molar-refractivity contribution in [3.63, 3.8) is 0 Å². The zero-order valence-corrected chi connectivity index (χ0v) is 36.9. The number of hydrogen-bond acceptors (Lipinski definition) is 9. The van der Waals surface area contributed by atoms with E-state index in [1.807, 2.05) is 13.8 Å². The smallest absolute Gasteiger partial charge is 0.326 e. The molecular formula is C40H74N8O9. The van der Waals surface area contributed by atoms with Crippen molar-refractivity contribution in [1.82, 2.24) is 37.2 Å². The number of rotatable bonds is 24. The van der Waals surface area contributed by atoms with Gasteiger partial charge in [0, 0.05) is 0 Å². The molecule has 0 saturated carbocycles. The van der Waals surface area contributed by atoms with E-state index in [0.29, 0.717) is 12.8 Å². The summed E-state index contributed by atoms with van der Waals surface area (Å²) in [5.41, 5.74) is 6.07. The molecule has 0 radical (unpaired) electrons. The maximum atomic E-state index is 13.7. The molecule has 0 spiro atoms. The van der Waals surface area contributed by atoms with Crippen molar-refractivity contribution in [2.75, 3.05) is 0 Å². The van der Waals surface area contributed by atoms with Crippen LogP contribution in [-0.2, 0) is 38.4 Å². The van der Waals surface area contributed by atoms with Crippen LogP contribution in [0.1, 0.15) is 117 Å². The van der Waals surface area contributed by atoms with E-state index in [2.05, 4.69) is 37.2 Å². The average Bonchev–Trinajstić information content (AvgIpc) is 3.12. The lowest BCUT2D eigenvalue weighted by Crippen LogP contribution is -2.62. The Morgan fingerprint density at radius 1 is 0.386 bits per heavy atom. The summed E-state index contributed by atoms with van der Waals surface area (Å²) < 4.78 is 0. The van der Waals surface area contributed by atoms with Gasteiger partial charge >= 0.3 is 5.97 Å². The number of carbonyl (C=O) groups is 8. The van der Waals surface area contributed by atoms with Gasteiger partial charge in [0.15, 0.2) is 0 Å². The molecule has 0 unspecified atom stereocenters. The van der Waals surface area contributed by atoms with Gasteiger partial charge in [0.25, 0.3) is 0 Å². The molecule has 0 aliphatic heterocycles. The predicted molar refractivity (Wildman–Crippen MR) is 218 cm³/mol. The minimum Gasteiger partial charge on any atom is -0.480 e. The first kappa shape index (κ1) is 52.7. The molecule has 0 bridgehead atoms. The largest absolute Gasteiger partial charge is 0.480 e. The highest BCUT2D eigenvalue weighted by atomic mass is 16.4. The van der Waals surface area contributed by atoms with Crippen LogP contribution >= 0.6 is 0 Å². The van der Waals surface area contributed by atoms with Gasteiger partial charge in [-0.15, -0.1) is 0 Å². The first-order chi connectivity index (χ1) is 26.2. The van der Waals surface area contributed by atoms with E-state index in [0.717, 1.165) is 0 Å². The van der Waals surface area contributed by atoms with Gasteiger partial charge in [-0.2, -0.15) is 0 Å². The Morgan fingerprint density at radius 3 is 0.895 bits per heavy atom. The summed E-state index contributed by atoms with van der Waals surface area (Å²) in [7, 11) is 0. The minimum atomic E-state index is -1.19. The van der Waals surface area contributed by atoms with Crippen LogP contribution in [0.4, 0.5) is 0 Å². The molecule has 0 saturated heterocycles. The molecule has 0 rings (SSSR count). The summed E-state index contributed by atoms with van der Waals surface area (Å²) in [6.45, 7) is 25.8. The number of aliphatic carboxylic acids is 1. The molecule has 10 N–H and O–H groups in total. The van der Waals surface area contributed by atoms with Crippen molar-refractivity contribution in [1.29, 1.82) is 0 Å². The second-order valence-corrected chi connectivity index (χ2v) is 17.0. The van der Waals surface area contributed by atoms with Crippen LogP contribution in [0.2, 0.25) is 0 Å². The van der Waals surface area contributed by atoms with Gasteiger partial charge < -0.3 is 48.1 Å². The highest BCUT2D eigenvalue weighted by Gasteiger charge is 2.37. The Labute approximate surface area is 339 Å². The van der Waals surface area contributed by atoms with Crippen molar-refractivity contribution in [2.24, 2.45) is 47.2 Å². The van der Waals surface area contributed by atoms with Crippen LogP contribution in [0.25, 0.3) is 0 Å². The molecule has 0 aromatic carbocycles. The van der Waals surface area contributed by atoms with Gasteiger partial charge in [0.1, 0.15) is 42.3 Å². The van der Waals surface area contributed by atoms with Crippen molar-refractivity contribution >= 4 is 47.3 Å². The Balaban J connectivity index is 5.90. The molecular weight excluding hydrogens is 736 g/mol. The number of hydrogen-bond donors (Lipinski definition) is 9. The summed E-state index contributed by atoms with van der Waals surface area (Å²) in [6, 6.07) is -8.56. The third-order valence-electron chi connectivity index (χ3n) is 10.3. The molecule has 0 heterocycles. The Hall–Kier alpha value is -4.28. The van der Waals surface area contributed by atoms with Crippen molar-refractivity contribution in [3.05, 3.63) is 0 Å². The topological polar surface area (TPSA) is 267 Å². The third kappa shape index (κ3) is 16.6. The van der Waals surface area contributed by atoms with E-state index in [-0.39, 0.29) is 17.8 Å². The van der Waals surface area contributed by atoms with Crippen molar-refractivity contribution < 1.29 is 43.5 Å². The Bertz CT molecular complexity index is 1390. The summed E-state index contributed by atoms with van der Waals surface area (Å²) in [5.74, 6) is -8.20. The second-order valence-electron chi connectivity index (χ2n) is 17.0. The van der Waals surface area contributed by atoms with Crippen LogP contribution in [0, 0.1) is 41.4 Å². The number of nitrogens with one attached hydrogen (secondary N) is 7. The van der Waals surface area contributed by atoms with E-state index in [1.54, 1.807) is 83.1 Å². The quantitative estimate of drug-likeness (QED) is 0.0672. The molecule has 7 amide bonds. The second kappa shape index (κ2) is 24.5. The fourth-order valence-electron chi connectivity index (χ4n) is 5.74. The van der Waals surface area contributed by atoms with Gasteiger partial charge in [0.05, 0.1) is 6.04 Å². The monoisotopic (exact) mass is 811 g/mol. The van der Waals surface area contributed by atoms with Crippen LogP contribution in [0.5, 0.6) is 0 Å². The van der Waals surface area contributed by atoms with Gasteiger partial charge in [0.2, 0.25) is 41.4 Å². The lowest BCUT2D eigenvalue weighted by atomic mass is 9.96. The number of carboxylic acids is 1. The molecule has 0 aliphatic carbocycles. The summed E-state index contributed by atoms with van der Waals surface area (Å²) in [5, 5.41) is 28.2. The number of nitrogens with two attached hydrogens (primary N) is 1. The van der Waals surface area contributed by atoms with Gasteiger partial charge in [-0.25, -0.2) is 4.79 Å². The van der Waals surface area contributed by atoms with Crippen LogP contribution in [0.15, 0.2) is 0 Å². The van der Waals surface area contributed by atoms with Gasteiger partial charge in [-0.1, -0.05) is 110 Å². The normalized spacial score (nSPS) is 16.9. The SMILES string of the molecule is CC[C@H](C)[C@H](N)C(=O)N[C@H](C(=O)N[C@H](C(=O)N[C@@H](C)C(=O)N[C@H](C(=O)N[C@H](C(=O)N[C@H](C(=O)N[C@H](C(=O)O)[C@@H](C)CC)C(C)C)C(C)C)C(C)C)C(C)C)C(C)C. The van der Waals surface area contributed by atoms with Gasteiger partial charge in [-0.05, 0) is 48.3 Å². The number of carboxylic acid groups (broad SMARTS) is 1. The Morgan fingerprint density at radius 2 is 0.632 bits per heavy atom. The van der Waals surface area contributed by atoms with Crippen LogP contribution in [0.3, 0.4) is 0 Å². The van der Waals surface area contributed by atoms with E-state index >= 15 is 0 Å². The zero-order valence-electron chi connectivity index (χ0n) is 36.9. The first-order valence-electron chi connectivity index (χ1n) is 20.3. The maximum absolute atomic E-state index is 13.7. The lowest BCUT2D eigenvalue weighted by molar-refractivity contribution is -0.144.